The molecule has 1 heterocycles. The van der Waals surface area contributed by atoms with E-state index >= 15 is 0 Å². The van der Waals surface area contributed by atoms with Crippen LogP contribution in [0.3, 0.4) is 0 Å². The summed E-state index contributed by atoms with van der Waals surface area (Å²) in [5.41, 5.74) is 1.28. The van der Waals surface area contributed by atoms with E-state index in [-0.39, 0.29) is 23.7 Å². The first-order valence-corrected chi connectivity index (χ1v) is 9.99. The number of anilines is 1. The summed E-state index contributed by atoms with van der Waals surface area (Å²) in [5, 5.41) is 3.05. The van der Waals surface area contributed by atoms with Crippen molar-refractivity contribution in [3.05, 3.63) is 65.5 Å². The Morgan fingerprint density at radius 2 is 1.86 bits per heavy atom. The highest BCUT2D eigenvalue weighted by Gasteiger charge is 2.52. The molecule has 6 heteroatoms. The first-order valence-electron chi connectivity index (χ1n) is 9.99. The van der Waals surface area contributed by atoms with Gasteiger partial charge in [-0.05, 0) is 49.1 Å². The second-order valence-corrected chi connectivity index (χ2v) is 8.40. The Kier molecular flexibility index (Phi) is 5.03. The summed E-state index contributed by atoms with van der Waals surface area (Å²) in [4.78, 5) is 29.6. The average Bonchev–Trinajstić information content (AvgIpc) is 3.49. The largest absolute Gasteiger partial charge is 0.378 e. The number of nitrogens with one attached hydrogen (secondary N) is 1. The van der Waals surface area contributed by atoms with Crippen molar-refractivity contribution in [2.75, 3.05) is 32.1 Å². The molecule has 1 saturated heterocycles. The van der Waals surface area contributed by atoms with E-state index in [1.165, 1.54) is 6.07 Å². The van der Waals surface area contributed by atoms with Crippen LogP contribution in [0.15, 0.2) is 48.5 Å². The number of hydrogen-bond donors (Lipinski definition) is 1. The highest BCUT2D eigenvalue weighted by atomic mass is 19.1. The topological polar surface area (TPSA) is 52.7 Å². The lowest BCUT2D eigenvalue weighted by atomic mass is 9.73. The first kappa shape index (κ1) is 19.4. The van der Waals surface area contributed by atoms with Gasteiger partial charge in [0.1, 0.15) is 5.82 Å². The molecule has 0 unspecified atom stereocenters. The number of benzene rings is 2. The zero-order valence-electron chi connectivity index (χ0n) is 16.8. The molecule has 1 saturated carbocycles. The Bertz CT molecular complexity index is 933. The Morgan fingerprint density at radius 1 is 1.14 bits per heavy atom. The molecule has 0 aromatic heterocycles. The molecule has 2 aromatic carbocycles. The Labute approximate surface area is 170 Å². The van der Waals surface area contributed by atoms with Gasteiger partial charge in [-0.3, -0.25) is 9.59 Å². The quantitative estimate of drug-likeness (QED) is 0.818. The predicted molar refractivity (Wildman–Crippen MR) is 110 cm³/mol. The number of nitrogens with zero attached hydrogens (tertiary/aromatic N) is 2. The van der Waals surface area contributed by atoms with Crippen LogP contribution in [-0.2, 0) is 11.2 Å². The van der Waals surface area contributed by atoms with Crippen molar-refractivity contribution in [3.63, 3.8) is 0 Å². The van der Waals surface area contributed by atoms with Crippen molar-refractivity contribution in [1.82, 2.24) is 10.2 Å². The summed E-state index contributed by atoms with van der Waals surface area (Å²) in [6, 6.07) is 14.2. The fraction of sp³-hybridized carbons (Fsp3) is 0.391. The van der Waals surface area contributed by atoms with Crippen molar-refractivity contribution < 1.29 is 14.0 Å². The van der Waals surface area contributed by atoms with Crippen LogP contribution in [0.2, 0.25) is 0 Å². The zero-order valence-corrected chi connectivity index (χ0v) is 16.8. The van der Waals surface area contributed by atoms with Crippen LogP contribution < -0.4 is 10.2 Å². The van der Waals surface area contributed by atoms with Crippen LogP contribution in [0.4, 0.5) is 10.1 Å². The lowest BCUT2D eigenvalue weighted by Crippen LogP contribution is -2.65. The Morgan fingerprint density at radius 3 is 2.52 bits per heavy atom. The van der Waals surface area contributed by atoms with Gasteiger partial charge in [0.2, 0.25) is 5.91 Å². The van der Waals surface area contributed by atoms with Crippen LogP contribution in [0.5, 0.6) is 0 Å². The molecule has 0 atom stereocenters. The normalized spacial score (nSPS) is 17.4. The summed E-state index contributed by atoms with van der Waals surface area (Å²) in [5.74, 6) is -0.485. The van der Waals surface area contributed by atoms with E-state index in [0.29, 0.717) is 30.6 Å². The highest BCUT2D eigenvalue weighted by Crippen LogP contribution is 2.37. The number of carbonyl (C=O) groups is 2. The van der Waals surface area contributed by atoms with E-state index in [9.17, 15) is 14.0 Å². The smallest absolute Gasteiger partial charge is 0.253 e. The first-order chi connectivity index (χ1) is 13.9. The molecule has 152 valence electrons. The second-order valence-electron chi connectivity index (χ2n) is 8.40. The summed E-state index contributed by atoms with van der Waals surface area (Å²) in [6.07, 6.45) is 2.27. The van der Waals surface area contributed by atoms with E-state index in [1.54, 1.807) is 29.2 Å². The van der Waals surface area contributed by atoms with Crippen molar-refractivity contribution in [1.29, 1.82) is 0 Å². The van der Waals surface area contributed by atoms with Gasteiger partial charge in [-0.15, -0.1) is 0 Å². The van der Waals surface area contributed by atoms with E-state index in [0.717, 1.165) is 18.5 Å². The summed E-state index contributed by atoms with van der Waals surface area (Å²) in [7, 11) is 3.85. The minimum Gasteiger partial charge on any atom is -0.378 e. The van der Waals surface area contributed by atoms with Crippen LogP contribution >= 0.6 is 0 Å². The molecule has 1 aliphatic carbocycles. The molecule has 0 bridgehead atoms. The van der Waals surface area contributed by atoms with Crippen LogP contribution in [0.1, 0.15) is 28.8 Å². The molecule has 2 aromatic rings. The van der Waals surface area contributed by atoms with Crippen molar-refractivity contribution >= 4 is 17.5 Å². The molecule has 2 fully saturated rings. The molecule has 5 nitrogen and oxygen atoms in total. The SMILES string of the molecule is CN(C)c1cccc(C(=O)N2CC(Cc3ccccc3F)(C(=O)NC3CC3)C2)c1. The predicted octanol–water partition coefficient (Wildman–Crippen LogP) is 2.86. The monoisotopic (exact) mass is 395 g/mol. The number of hydrogen-bond acceptors (Lipinski definition) is 3. The Hall–Kier alpha value is -2.89. The summed E-state index contributed by atoms with van der Waals surface area (Å²) in [6.45, 7) is 0.593. The third-order valence-corrected chi connectivity index (χ3v) is 5.76. The van der Waals surface area contributed by atoms with Crippen LogP contribution in [-0.4, -0.2) is 49.9 Å². The van der Waals surface area contributed by atoms with Gasteiger partial charge in [-0.2, -0.15) is 0 Å². The minimum absolute atomic E-state index is 0.0747. The molecule has 2 amide bonds. The van der Waals surface area contributed by atoms with E-state index < -0.39 is 5.41 Å². The van der Waals surface area contributed by atoms with Gasteiger partial charge in [0.25, 0.3) is 5.91 Å². The maximum atomic E-state index is 14.2. The lowest BCUT2D eigenvalue weighted by Gasteiger charge is -2.49. The molecule has 0 radical (unpaired) electrons. The fourth-order valence-electron chi connectivity index (χ4n) is 3.84. The maximum Gasteiger partial charge on any atom is 0.253 e. The fourth-order valence-corrected chi connectivity index (χ4v) is 3.84. The lowest BCUT2D eigenvalue weighted by molar-refractivity contribution is -0.139. The van der Waals surface area contributed by atoms with Crippen LogP contribution in [0, 0.1) is 11.2 Å². The molecular formula is C23H26FN3O2. The number of likely N-dealkylation sites (tertiary alicyclic amines) is 1. The minimum atomic E-state index is -0.778. The Balaban J connectivity index is 1.52. The van der Waals surface area contributed by atoms with Crippen molar-refractivity contribution in [2.24, 2.45) is 5.41 Å². The van der Waals surface area contributed by atoms with E-state index in [1.807, 2.05) is 37.2 Å². The average molecular weight is 395 g/mol. The van der Waals surface area contributed by atoms with Gasteiger partial charge < -0.3 is 15.1 Å². The molecular weight excluding hydrogens is 369 g/mol. The zero-order chi connectivity index (χ0) is 20.6. The summed E-state index contributed by atoms with van der Waals surface area (Å²) >= 11 is 0. The van der Waals surface area contributed by atoms with Gasteiger partial charge in [0.05, 0.1) is 5.41 Å². The number of halogens is 1. The molecule has 1 N–H and O–H groups in total. The molecule has 0 spiro atoms. The molecule has 4 rings (SSSR count). The standard InChI is InChI=1S/C23H26FN3O2/c1-26(2)19-8-5-7-16(12-19)21(28)27-14-23(15-27,22(29)25-18-10-11-18)13-17-6-3-4-9-20(17)24/h3-9,12,18H,10-11,13-15H2,1-2H3,(H,25,29). The van der Waals surface area contributed by atoms with E-state index in [2.05, 4.69) is 5.32 Å². The number of amides is 2. The van der Waals surface area contributed by atoms with E-state index in [4.69, 9.17) is 0 Å². The summed E-state index contributed by atoms with van der Waals surface area (Å²) < 4.78 is 14.2. The molecule has 1 aliphatic heterocycles. The molecule has 2 aliphatic rings. The van der Waals surface area contributed by atoms with Gasteiger partial charge >= 0.3 is 0 Å². The number of rotatable bonds is 6. The third-order valence-electron chi connectivity index (χ3n) is 5.76. The third kappa shape index (κ3) is 3.97. The number of carbonyl (C=O) groups excluding carboxylic acids is 2. The van der Waals surface area contributed by atoms with Gasteiger partial charge in [0, 0.05) is 44.5 Å². The highest BCUT2D eigenvalue weighted by molar-refractivity contribution is 5.97. The molecule has 29 heavy (non-hydrogen) atoms. The van der Waals surface area contributed by atoms with Crippen molar-refractivity contribution in [3.8, 4) is 0 Å². The maximum absolute atomic E-state index is 14.2. The van der Waals surface area contributed by atoms with Crippen LogP contribution in [0.25, 0.3) is 0 Å². The van der Waals surface area contributed by atoms with Crippen molar-refractivity contribution in [2.45, 2.75) is 25.3 Å². The van der Waals surface area contributed by atoms with Gasteiger partial charge in [0.15, 0.2) is 0 Å². The van der Waals surface area contributed by atoms with Gasteiger partial charge in [-0.1, -0.05) is 24.3 Å². The van der Waals surface area contributed by atoms with Gasteiger partial charge in [-0.25, -0.2) is 4.39 Å². The second kappa shape index (κ2) is 7.50.